The molecule has 2 aromatic rings. The van der Waals surface area contributed by atoms with Crippen LogP contribution in [-0.2, 0) is 0 Å². The third-order valence-electron chi connectivity index (χ3n) is 2.62. The minimum absolute atomic E-state index is 0.0975. The number of H-pyrrole nitrogens is 1. The first-order chi connectivity index (χ1) is 8.93. The maximum atomic E-state index is 11.9. The molecule has 2 heterocycles. The molecule has 7 heteroatoms. The number of hydrogen-bond acceptors (Lipinski definition) is 5. The van der Waals surface area contributed by atoms with Crippen LogP contribution in [0.2, 0.25) is 0 Å². The van der Waals surface area contributed by atoms with Gasteiger partial charge < -0.3 is 9.88 Å². The molecule has 1 N–H and O–H groups in total. The van der Waals surface area contributed by atoms with E-state index in [0.29, 0.717) is 16.9 Å². The van der Waals surface area contributed by atoms with E-state index >= 15 is 0 Å². The summed E-state index contributed by atoms with van der Waals surface area (Å²) in [5.74, 6) is 0.245. The molecule has 0 atom stereocenters. The van der Waals surface area contributed by atoms with E-state index in [9.17, 15) is 9.59 Å². The van der Waals surface area contributed by atoms with Crippen LogP contribution in [0.15, 0.2) is 15.9 Å². The molecule has 0 spiro atoms. The van der Waals surface area contributed by atoms with Gasteiger partial charge in [0.05, 0.1) is 5.39 Å². The first kappa shape index (κ1) is 13.5. The molecule has 0 bridgehead atoms. The van der Waals surface area contributed by atoms with Crippen LogP contribution in [0, 0.1) is 6.92 Å². The fourth-order valence-electron chi connectivity index (χ4n) is 1.72. The number of aromatic nitrogens is 3. The number of rotatable bonds is 2. The van der Waals surface area contributed by atoms with Crippen LogP contribution < -0.4 is 5.56 Å². The number of hydrogen-bond donors (Lipinski definition) is 1. The third kappa shape index (κ3) is 2.46. The quantitative estimate of drug-likeness (QED) is 0.656. The topological polar surface area (TPSA) is 79.0 Å². The fraction of sp³-hybridized carbons (Fsp3) is 0.333. The van der Waals surface area contributed by atoms with Crippen molar-refractivity contribution in [1.82, 2.24) is 19.9 Å². The van der Waals surface area contributed by atoms with E-state index in [2.05, 4.69) is 15.0 Å². The molecule has 0 aromatic carbocycles. The second kappa shape index (κ2) is 5.00. The van der Waals surface area contributed by atoms with E-state index < -0.39 is 5.56 Å². The third-order valence-corrected chi connectivity index (χ3v) is 3.32. The normalized spacial score (nSPS) is 10.7. The number of amides is 1. The molecular formula is C12H14N4O2S. The Kier molecular flexibility index (Phi) is 3.57. The Bertz CT molecular complexity index is 709. The highest BCUT2D eigenvalue weighted by molar-refractivity contribution is 7.98. The second-order valence-corrected chi connectivity index (χ2v) is 5.05. The molecule has 1 amide bonds. The van der Waals surface area contributed by atoms with Gasteiger partial charge in [-0.25, -0.2) is 9.97 Å². The number of nitrogens with one attached hydrogen (secondary N) is 1. The van der Waals surface area contributed by atoms with Crippen molar-refractivity contribution in [2.24, 2.45) is 0 Å². The van der Waals surface area contributed by atoms with Gasteiger partial charge in [-0.05, 0) is 19.2 Å². The molecular weight excluding hydrogens is 264 g/mol. The molecule has 0 saturated carbocycles. The monoisotopic (exact) mass is 278 g/mol. The number of nitrogens with zero attached hydrogens (tertiary/aromatic N) is 3. The van der Waals surface area contributed by atoms with Gasteiger partial charge in [0.1, 0.15) is 22.1 Å². The van der Waals surface area contributed by atoms with E-state index in [1.807, 2.05) is 6.26 Å². The van der Waals surface area contributed by atoms with Crippen molar-refractivity contribution in [2.75, 3.05) is 20.4 Å². The van der Waals surface area contributed by atoms with Gasteiger partial charge in [-0.3, -0.25) is 9.59 Å². The summed E-state index contributed by atoms with van der Waals surface area (Å²) < 4.78 is 0. The van der Waals surface area contributed by atoms with Gasteiger partial charge in [0, 0.05) is 14.1 Å². The minimum atomic E-state index is -0.434. The summed E-state index contributed by atoms with van der Waals surface area (Å²) in [6, 6.07) is 1.56. The van der Waals surface area contributed by atoms with Crippen molar-refractivity contribution in [2.45, 2.75) is 11.9 Å². The van der Waals surface area contributed by atoms with Gasteiger partial charge in [0.2, 0.25) is 0 Å². The number of aromatic amines is 1. The predicted molar refractivity (Wildman–Crippen MR) is 74.7 cm³/mol. The number of carbonyl (C=O) groups excluding carboxylic acids is 1. The Balaban J connectivity index is 2.77. The van der Waals surface area contributed by atoms with Gasteiger partial charge in [-0.15, -0.1) is 11.8 Å². The van der Waals surface area contributed by atoms with Crippen LogP contribution in [0.3, 0.4) is 0 Å². The van der Waals surface area contributed by atoms with Crippen LogP contribution in [0.25, 0.3) is 11.0 Å². The van der Waals surface area contributed by atoms with E-state index in [0.717, 1.165) is 5.03 Å². The highest BCUT2D eigenvalue weighted by atomic mass is 32.2. The van der Waals surface area contributed by atoms with Crippen molar-refractivity contribution < 1.29 is 4.79 Å². The smallest absolute Gasteiger partial charge is 0.262 e. The van der Waals surface area contributed by atoms with E-state index in [1.54, 1.807) is 27.1 Å². The molecule has 0 unspecified atom stereocenters. The lowest BCUT2D eigenvalue weighted by Crippen LogP contribution is -2.28. The summed E-state index contributed by atoms with van der Waals surface area (Å²) in [6.07, 6.45) is 1.89. The molecule has 2 aromatic heterocycles. The number of pyridine rings is 1. The van der Waals surface area contributed by atoms with Gasteiger partial charge in [0.15, 0.2) is 0 Å². The lowest BCUT2D eigenvalue weighted by atomic mass is 10.2. The molecule has 0 aliphatic carbocycles. The van der Waals surface area contributed by atoms with E-state index in [-0.39, 0.29) is 11.5 Å². The summed E-state index contributed by atoms with van der Waals surface area (Å²) in [5, 5.41) is 1.43. The maximum Gasteiger partial charge on any atom is 0.262 e. The lowest BCUT2D eigenvalue weighted by Gasteiger charge is -2.10. The molecule has 0 aliphatic rings. The number of aryl methyl sites for hydroxylation is 1. The van der Waals surface area contributed by atoms with Crippen LogP contribution >= 0.6 is 11.8 Å². The van der Waals surface area contributed by atoms with Gasteiger partial charge in [-0.1, -0.05) is 0 Å². The Labute approximate surface area is 114 Å². The number of carbonyl (C=O) groups is 1. The molecule has 6 nitrogen and oxygen atoms in total. The van der Waals surface area contributed by atoms with Gasteiger partial charge in [-0.2, -0.15) is 0 Å². The summed E-state index contributed by atoms with van der Waals surface area (Å²) in [7, 11) is 3.21. The van der Waals surface area contributed by atoms with Crippen molar-refractivity contribution >= 4 is 28.7 Å². The van der Waals surface area contributed by atoms with Gasteiger partial charge >= 0.3 is 0 Å². The molecule has 100 valence electrons. The summed E-state index contributed by atoms with van der Waals surface area (Å²) in [6.45, 7) is 1.76. The Morgan fingerprint density at radius 2 is 2.05 bits per heavy atom. The summed E-state index contributed by atoms with van der Waals surface area (Å²) >= 11 is 1.45. The Hall–Kier alpha value is -1.89. The average Bonchev–Trinajstić information content (AvgIpc) is 2.35. The number of thioether (sulfide) groups is 1. The van der Waals surface area contributed by atoms with Gasteiger partial charge in [0.25, 0.3) is 11.5 Å². The summed E-state index contributed by atoms with van der Waals surface area (Å²) in [4.78, 5) is 36.3. The Morgan fingerprint density at radius 3 is 2.63 bits per heavy atom. The lowest BCUT2D eigenvalue weighted by molar-refractivity contribution is 0.0826. The fourth-order valence-corrected chi connectivity index (χ4v) is 2.32. The standard InChI is InChI=1S/C12H14N4O2S/c1-6-13-9-7(11(14-6)19-4)5-8(10(17)15-9)12(18)16(2)3/h5H,1-4H3,(H,13,14,15,17). The zero-order chi connectivity index (χ0) is 14.2. The second-order valence-electron chi connectivity index (χ2n) is 4.25. The predicted octanol–water partition coefficient (Wildman–Crippen LogP) is 1.05. The molecule has 0 fully saturated rings. The highest BCUT2D eigenvalue weighted by Gasteiger charge is 2.16. The first-order valence-corrected chi connectivity index (χ1v) is 6.84. The Morgan fingerprint density at radius 1 is 1.37 bits per heavy atom. The molecule has 2 rings (SSSR count). The molecule has 0 aliphatic heterocycles. The summed E-state index contributed by atoms with van der Waals surface area (Å²) in [5.41, 5.74) is 0.119. The zero-order valence-electron chi connectivity index (χ0n) is 11.1. The van der Waals surface area contributed by atoms with Crippen molar-refractivity contribution in [3.8, 4) is 0 Å². The van der Waals surface area contributed by atoms with Crippen LogP contribution in [0.5, 0.6) is 0 Å². The number of fused-ring (bicyclic) bond motifs is 1. The molecule has 0 radical (unpaired) electrons. The van der Waals surface area contributed by atoms with Crippen molar-refractivity contribution in [1.29, 1.82) is 0 Å². The van der Waals surface area contributed by atoms with Crippen LogP contribution in [0.1, 0.15) is 16.2 Å². The molecule has 19 heavy (non-hydrogen) atoms. The first-order valence-electron chi connectivity index (χ1n) is 5.61. The van der Waals surface area contributed by atoms with Crippen molar-refractivity contribution in [3.63, 3.8) is 0 Å². The highest BCUT2D eigenvalue weighted by Crippen LogP contribution is 2.22. The van der Waals surface area contributed by atoms with Crippen LogP contribution in [-0.4, -0.2) is 46.1 Å². The molecule has 0 saturated heterocycles. The van der Waals surface area contributed by atoms with E-state index in [4.69, 9.17) is 0 Å². The average molecular weight is 278 g/mol. The zero-order valence-corrected chi connectivity index (χ0v) is 12.0. The van der Waals surface area contributed by atoms with E-state index in [1.165, 1.54) is 16.7 Å². The largest absolute Gasteiger partial charge is 0.345 e. The van der Waals surface area contributed by atoms with Crippen LogP contribution in [0.4, 0.5) is 0 Å². The maximum absolute atomic E-state index is 11.9. The van der Waals surface area contributed by atoms with Crippen molar-refractivity contribution in [3.05, 3.63) is 27.8 Å². The SMILES string of the molecule is CSc1nc(C)nc2[nH]c(=O)c(C(=O)N(C)C)cc12. The minimum Gasteiger partial charge on any atom is -0.345 e.